The molecule has 3 aromatic rings. The Morgan fingerprint density at radius 3 is 2.91 bits per heavy atom. The number of carbonyl (C=O) groups is 1. The van der Waals surface area contributed by atoms with Crippen molar-refractivity contribution in [2.45, 2.75) is 25.3 Å². The van der Waals surface area contributed by atoms with Crippen molar-refractivity contribution in [3.8, 4) is 0 Å². The number of carbonyl (C=O) groups excluding carboxylic acids is 1. The second-order valence-corrected chi connectivity index (χ2v) is 6.83. The van der Waals surface area contributed by atoms with Crippen LogP contribution < -0.4 is 0 Å². The van der Waals surface area contributed by atoms with Crippen molar-refractivity contribution in [1.29, 1.82) is 0 Å². The van der Waals surface area contributed by atoms with Crippen LogP contribution in [0.3, 0.4) is 0 Å². The molecule has 1 unspecified atom stereocenters. The van der Waals surface area contributed by atoms with E-state index in [4.69, 9.17) is 4.98 Å². The fourth-order valence-corrected chi connectivity index (χ4v) is 4.23. The Morgan fingerprint density at radius 2 is 2.09 bits per heavy atom. The van der Waals surface area contributed by atoms with Gasteiger partial charge < -0.3 is 4.90 Å². The Balaban J connectivity index is 1.69. The summed E-state index contributed by atoms with van der Waals surface area (Å²) >= 11 is 1.70. The average molecular weight is 323 g/mol. The van der Waals surface area contributed by atoms with Crippen LogP contribution in [0.4, 0.5) is 0 Å². The van der Waals surface area contributed by atoms with Crippen LogP contribution >= 0.6 is 11.3 Å². The van der Waals surface area contributed by atoms with Crippen LogP contribution in [-0.4, -0.2) is 27.3 Å². The lowest BCUT2D eigenvalue weighted by molar-refractivity contribution is 0.0611. The van der Waals surface area contributed by atoms with E-state index in [0.29, 0.717) is 5.56 Å². The second kappa shape index (κ2) is 6.08. The minimum Gasteiger partial charge on any atom is -0.329 e. The van der Waals surface area contributed by atoms with Crippen LogP contribution in [0.1, 0.15) is 40.7 Å². The van der Waals surface area contributed by atoms with Crippen LogP contribution in [-0.2, 0) is 0 Å². The molecule has 116 valence electrons. The summed E-state index contributed by atoms with van der Waals surface area (Å²) < 4.78 is 1.18. The number of benzene rings is 1. The molecule has 4 nitrogen and oxygen atoms in total. The van der Waals surface area contributed by atoms with Crippen LogP contribution in [0.2, 0.25) is 0 Å². The largest absolute Gasteiger partial charge is 0.329 e. The minimum atomic E-state index is 0.0575. The highest BCUT2D eigenvalue weighted by molar-refractivity contribution is 7.18. The van der Waals surface area contributed by atoms with Gasteiger partial charge in [-0.1, -0.05) is 12.1 Å². The van der Waals surface area contributed by atoms with Gasteiger partial charge in [0.05, 0.1) is 21.8 Å². The molecule has 1 saturated heterocycles. The predicted molar refractivity (Wildman–Crippen MR) is 91.5 cm³/mol. The van der Waals surface area contributed by atoms with Crippen LogP contribution in [0.25, 0.3) is 10.2 Å². The van der Waals surface area contributed by atoms with Gasteiger partial charge in [-0.15, -0.1) is 11.3 Å². The van der Waals surface area contributed by atoms with E-state index in [2.05, 4.69) is 11.1 Å². The maximum Gasteiger partial charge on any atom is 0.256 e. The smallest absolute Gasteiger partial charge is 0.256 e. The molecular formula is C18H17N3OS. The average Bonchev–Trinajstić information content (AvgIpc) is 3.06. The number of amides is 1. The van der Waals surface area contributed by atoms with Gasteiger partial charge in [-0.2, -0.15) is 0 Å². The van der Waals surface area contributed by atoms with Gasteiger partial charge in [0.2, 0.25) is 0 Å². The number of rotatable bonds is 2. The molecule has 5 heteroatoms. The molecule has 0 spiro atoms. The molecule has 0 N–H and O–H groups in total. The summed E-state index contributed by atoms with van der Waals surface area (Å²) in [7, 11) is 0. The zero-order chi connectivity index (χ0) is 15.6. The molecule has 1 fully saturated rings. The molecule has 1 aromatic carbocycles. The predicted octanol–water partition coefficient (Wildman–Crippen LogP) is 4.06. The van der Waals surface area contributed by atoms with Gasteiger partial charge in [0.25, 0.3) is 5.91 Å². The first-order valence-electron chi connectivity index (χ1n) is 7.89. The number of fused-ring (bicyclic) bond motifs is 1. The van der Waals surface area contributed by atoms with E-state index in [1.165, 1.54) is 4.70 Å². The lowest BCUT2D eigenvalue weighted by Crippen LogP contribution is -2.38. The Bertz CT molecular complexity index is 797. The minimum absolute atomic E-state index is 0.0575. The highest BCUT2D eigenvalue weighted by Crippen LogP contribution is 2.36. The Labute approximate surface area is 138 Å². The third-order valence-corrected chi connectivity index (χ3v) is 5.41. The van der Waals surface area contributed by atoms with E-state index in [1.807, 2.05) is 35.2 Å². The standard InChI is InChI=1S/C18H17N3OS/c22-18(13-6-5-10-19-12-13)21-11-4-3-8-15(21)17-20-14-7-1-2-9-16(14)23-17/h1-2,5-7,9-10,12,15H,3-4,8,11H2. The van der Waals surface area contributed by atoms with Gasteiger partial charge in [0.1, 0.15) is 5.01 Å². The Hall–Kier alpha value is -2.27. The zero-order valence-corrected chi connectivity index (χ0v) is 13.5. The number of piperidine rings is 1. The molecule has 1 aliphatic heterocycles. The summed E-state index contributed by atoms with van der Waals surface area (Å²) in [4.78, 5) is 23.7. The highest BCUT2D eigenvalue weighted by Gasteiger charge is 2.30. The number of pyridine rings is 1. The molecule has 0 saturated carbocycles. The molecule has 23 heavy (non-hydrogen) atoms. The van der Waals surface area contributed by atoms with Crippen molar-refractivity contribution in [2.75, 3.05) is 6.54 Å². The van der Waals surface area contributed by atoms with Crippen molar-refractivity contribution < 1.29 is 4.79 Å². The molecule has 0 aliphatic carbocycles. The zero-order valence-electron chi connectivity index (χ0n) is 12.7. The van der Waals surface area contributed by atoms with Gasteiger partial charge in [-0.3, -0.25) is 9.78 Å². The maximum atomic E-state index is 12.9. The van der Waals surface area contributed by atoms with Gasteiger partial charge in [0.15, 0.2) is 0 Å². The van der Waals surface area contributed by atoms with Crippen LogP contribution in [0.15, 0.2) is 48.8 Å². The number of hydrogen-bond donors (Lipinski definition) is 0. The molecule has 1 amide bonds. The van der Waals surface area contributed by atoms with Crippen molar-refractivity contribution in [3.05, 3.63) is 59.4 Å². The summed E-state index contributed by atoms with van der Waals surface area (Å²) in [5, 5.41) is 1.04. The molecule has 0 bridgehead atoms. The van der Waals surface area contributed by atoms with Crippen LogP contribution in [0, 0.1) is 0 Å². The molecule has 3 heterocycles. The molecule has 2 aromatic heterocycles. The topological polar surface area (TPSA) is 46.1 Å². The summed E-state index contributed by atoms with van der Waals surface area (Å²) in [6.07, 6.45) is 6.50. The first-order chi connectivity index (χ1) is 11.3. The summed E-state index contributed by atoms with van der Waals surface area (Å²) in [6.45, 7) is 0.786. The van der Waals surface area contributed by atoms with Gasteiger partial charge in [0, 0.05) is 18.9 Å². The third kappa shape index (κ3) is 2.72. The first-order valence-corrected chi connectivity index (χ1v) is 8.71. The van der Waals surface area contributed by atoms with E-state index >= 15 is 0 Å². The lowest BCUT2D eigenvalue weighted by atomic mass is 10.0. The van der Waals surface area contributed by atoms with Crippen molar-refractivity contribution in [3.63, 3.8) is 0 Å². The Morgan fingerprint density at radius 1 is 1.17 bits per heavy atom. The highest BCUT2D eigenvalue weighted by atomic mass is 32.1. The van der Waals surface area contributed by atoms with E-state index in [1.54, 1.807) is 23.7 Å². The van der Waals surface area contributed by atoms with Crippen molar-refractivity contribution >= 4 is 27.5 Å². The summed E-state index contributed by atoms with van der Waals surface area (Å²) in [5.41, 5.74) is 1.67. The molecular weight excluding hydrogens is 306 g/mol. The normalized spacial score (nSPS) is 18.3. The van der Waals surface area contributed by atoms with E-state index in [9.17, 15) is 4.79 Å². The fraction of sp³-hybridized carbons (Fsp3) is 0.278. The molecule has 1 atom stereocenters. The number of aromatic nitrogens is 2. The van der Waals surface area contributed by atoms with Crippen molar-refractivity contribution in [1.82, 2.24) is 14.9 Å². The number of hydrogen-bond acceptors (Lipinski definition) is 4. The van der Waals surface area contributed by atoms with Crippen LogP contribution in [0.5, 0.6) is 0 Å². The molecule has 0 radical (unpaired) electrons. The quantitative estimate of drug-likeness (QED) is 0.714. The maximum absolute atomic E-state index is 12.9. The molecule has 4 rings (SSSR count). The number of nitrogens with zero attached hydrogens (tertiary/aromatic N) is 3. The lowest BCUT2D eigenvalue weighted by Gasteiger charge is -2.34. The SMILES string of the molecule is O=C(c1cccnc1)N1CCCCC1c1nc2ccccc2s1. The summed E-state index contributed by atoms with van der Waals surface area (Å²) in [5.74, 6) is 0.0575. The first kappa shape index (κ1) is 14.3. The number of thiazole rings is 1. The Kier molecular flexibility index (Phi) is 3.79. The van der Waals surface area contributed by atoms with E-state index < -0.39 is 0 Å². The van der Waals surface area contributed by atoms with E-state index in [0.717, 1.165) is 36.3 Å². The van der Waals surface area contributed by atoms with Crippen molar-refractivity contribution in [2.24, 2.45) is 0 Å². The number of likely N-dealkylation sites (tertiary alicyclic amines) is 1. The van der Waals surface area contributed by atoms with Gasteiger partial charge >= 0.3 is 0 Å². The molecule has 1 aliphatic rings. The van der Waals surface area contributed by atoms with E-state index in [-0.39, 0.29) is 11.9 Å². The summed E-state index contributed by atoms with van der Waals surface area (Å²) in [6, 6.07) is 11.9. The van der Waals surface area contributed by atoms with Gasteiger partial charge in [-0.05, 0) is 43.5 Å². The third-order valence-electron chi connectivity index (χ3n) is 4.27. The monoisotopic (exact) mass is 323 g/mol. The second-order valence-electron chi connectivity index (χ2n) is 5.77. The number of para-hydroxylation sites is 1. The van der Waals surface area contributed by atoms with Gasteiger partial charge in [-0.25, -0.2) is 4.98 Å². The fourth-order valence-electron chi connectivity index (χ4n) is 3.12.